The Morgan fingerprint density at radius 3 is 2.38 bits per heavy atom. The Bertz CT molecular complexity index is 458. The third-order valence-electron chi connectivity index (χ3n) is 3.59. The number of hydrogen-bond acceptors (Lipinski definition) is 2. The summed E-state index contributed by atoms with van der Waals surface area (Å²) in [5.74, 6) is 0.404. The summed E-state index contributed by atoms with van der Waals surface area (Å²) < 4.78 is 0. The first-order valence-electron chi connectivity index (χ1n) is 7.65. The fraction of sp³-hybridized carbons (Fsp3) is 0.368. The maximum Gasteiger partial charge on any atom is 0.0601 e. The topological polar surface area (TPSA) is 23.5 Å². The van der Waals surface area contributed by atoms with Gasteiger partial charge in [0.1, 0.15) is 0 Å². The number of aliphatic hydroxyl groups is 1. The van der Waals surface area contributed by atoms with Gasteiger partial charge in [0.05, 0.1) is 6.04 Å². The minimum Gasteiger partial charge on any atom is -0.396 e. The quantitative estimate of drug-likeness (QED) is 0.799. The largest absolute Gasteiger partial charge is 0.396 e. The second kappa shape index (κ2) is 9.32. The minimum atomic E-state index is 0.208. The summed E-state index contributed by atoms with van der Waals surface area (Å²) in [6, 6.07) is 10.6. The lowest BCUT2D eigenvalue weighted by Gasteiger charge is -2.44. The van der Waals surface area contributed by atoms with Gasteiger partial charge in [0.2, 0.25) is 0 Å². The Morgan fingerprint density at radius 2 is 1.90 bits per heavy atom. The van der Waals surface area contributed by atoms with Crippen LogP contribution < -0.4 is 0 Å². The third-order valence-corrected chi connectivity index (χ3v) is 3.59. The Morgan fingerprint density at radius 1 is 1.29 bits per heavy atom. The van der Waals surface area contributed by atoms with E-state index in [1.54, 1.807) is 6.08 Å². The number of nitrogens with zero attached hydrogens (tertiary/aromatic N) is 1. The predicted molar refractivity (Wildman–Crippen MR) is 91.2 cm³/mol. The van der Waals surface area contributed by atoms with E-state index in [0.717, 1.165) is 18.7 Å². The minimum absolute atomic E-state index is 0.208. The van der Waals surface area contributed by atoms with Gasteiger partial charge in [0.15, 0.2) is 0 Å². The lowest BCUT2D eigenvalue weighted by Crippen LogP contribution is -2.50. The summed E-state index contributed by atoms with van der Waals surface area (Å²) in [6.45, 7) is 13.8. The van der Waals surface area contributed by atoms with Gasteiger partial charge in [-0.1, -0.05) is 75.6 Å². The molecule has 0 radical (unpaired) electrons. The van der Waals surface area contributed by atoms with Crippen LogP contribution in [0.1, 0.15) is 25.5 Å². The van der Waals surface area contributed by atoms with Crippen molar-refractivity contribution < 1.29 is 5.11 Å². The van der Waals surface area contributed by atoms with Crippen LogP contribution in [0.5, 0.6) is 0 Å². The number of hydrogen-bond donors (Lipinski definition) is 1. The van der Waals surface area contributed by atoms with E-state index in [2.05, 4.69) is 42.3 Å². The van der Waals surface area contributed by atoms with E-state index in [-0.39, 0.29) is 12.6 Å². The van der Waals surface area contributed by atoms with Crippen LogP contribution >= 0.6 is 0 Å². The van der Waals surface area contributed by atoms with Crippen molar-refractivity contribution in [3.63, 3.8) is 0 Å². The van der Waals surface area contributed by atoms with Crippen molar-refractivity contribution in [1.82, 2.24) is 4.90 Å². The van der Waals surface area contributed by atoms with Gasteiger partial charge in [-0.2, -0.15) is 0 Å². The molecule has 1 fully saturated rings. The molecule has 0 aromatic heterocycles. The molecule has 1 unspecified atom stereocenters. The highest BCUT2D eigenvalue weighted by atomic mass is 16.3. The third kappa shape index (κ3) is 4.42. The van der Waals surface area contributed by atoms with Crippen LogP contribution in [-0.2, 0) is 0 Å². The van der Waals surface area contributed by atoms with Crippen molar-refractivity contribution in [3.8, 4) is 0 Å². The Labute approximate surface area is 129 Å². The molecule has 2 heteroatoms. The molecule has 0 saturated carbocycles. The molecule has 1 aliphatic rings. The number of aliphatic hydroxyl groups excluding tert-OH is 1. The fourth-order valence-corrected chi connectivity index (χ4v) is 2.59. The van der Waals surface area contributed by atoms with Gasteiger partial charge >= 0.3 is 0 Å². The molecule has 1 aromatic rings. The molecule has 0 amide bonds. The summed E-state index contributed by atoms with van der Waals surface area (Å²) in [5, 5.41) is 9.18. The van der Waals surface area contributed by atoms with E-state index in [4.69, 9.17) is 0 Å². The molecule has 1 heterocycles. The van der Waals surface area contributed by atoms with Crippen molar-refractivity contribution in [2.75, 3.05) is 19.7 Å². The van der Waals surface area contributed by atoms with Crippen molar-refractivity contribution in [1.29, 1.82) is 0 Å². The summed E-state index contributed by atoms with van der Waals surface area (Å²) in [5.41, 5.74) is 2.41. The van der Waals surface area contributed by atoms with Crippen molar-refractivity contribution in [2.24, 2.45) is 5.92 Å². The number of benzene rings is 1. The first-order chi connectivity index (χ1) is 10.3. The maximum atomic E-state index is 9.18. The Balaban J connectivity index is 0.00000106. The summed E-state index contributed by atoms with van der Waals surface area (Å²) in [4.78, 5) is 2.37. The highest BCUT2D eigenvalue weighted by molar-refractivity contribution is 5.36. The summed E-state index contributed by atoms with van der Waals surface area (Å²) in [6.07, 6.45) is 5.71. The molecule has 1 N–H and O–H groups in total. The van der Waals surface area contributed by atoms with Gasteiger partial charge in [0, 0.05) is 25.6 Å². The first kappa shape index (κ1) is 17.4. The van der Waals surface area contributed by atoms with Crippen molar-refractivity contribution in [3.05, 3.63) is 72.9 Å². The fourth-order valence-electron chi connectivity index (χ4n) is 2.59. The SMILES string of the molecule is C=C/C=C(\C=C)C(c1ccccc1)N1CC(CO)C1.CC. The molecule has 21 heavy (non-hydrogen) atoms. The van der Waals surface area contributed by atoms with Gasteiger partial charge in [-0.15, -0.1) is 0 Å². The van der Waals surface area contributed by atoms with E-state index >= 15 is 0 Å². The second-order valence-electron chi connectivity index (χ2n) is 4.92. The van der Waals surface area contributed by atoms with Gasteiger partial charge in [-0.05, 0) is 11.1 Å². The van der Waals surface area contributed by atoms with Crippen LogP contribution in [-0.4, -0.2) is 29.7 Å². The van der Waals surface area contributed by atoms with E-state index in [0.29, 0.717) is 5.92 Å². The molecule has 1 atom stereocenters. The van der Waals surface area contributed by atoms with E-state index in [1.807, 2.05) is 32.1 Å². The van der Waals surface area contributed by atoms with E-state index < -0.39 is 0 Å². The zero-order valence-electron chi connectivity index (χ0n) is 13.2. The van der Waals surface area contributed by atoms with Crippen LogP contribution in [0.3, 0.4) is 0 Å². The number of rotatable bonds is 6. The lowest BCUT2D eigenvalue weighted by molar-refractivity contribution is 0.0308. The van der Waals surface area contributed by atoms with Gasteiger partial charge < -0.3 is 5.11 Å². The smallest absolute Gasteiger partial charge is 0.0601 e. The van der Waals surface area contributed by atoms with Crippen LogP contribution in [0.25, 0.3) is 0 Å². The number of allylic oxidation sites excluding steroid dienone is 2. The average molecular weight is 285 g/mol. The van der Waals surface area contributed by atoms with Gasteiger partial charge in [-0.25, -0.2) is 0 Å². The molecular formula is C19H27NO. The number of likely N-dealkylation sites (tertiary alicyclic amines) is 1. The zero-order valence-corrected chi connectivity index (χ0v) is 13.2. The maximum absolute atomic E-state index is 9.18. The summed E-state index contributed by atoms with van der Waals surface area (Å²) >= 11 is 0. The lowest BCUT2D eigenvalue weighted by atomic mass is 9.90. The highest BCUT2D eigenvalue weighted by Crippen LogP contribution is 2.34. The molecule has 1 saturated heterocycles. The molecule has 2 nitrogen and oxygen atoms in total. The average Bonchev–Trinajstić information content (AvgIpc) is 2.51. The van der Waals surface area contributed by atoms with Crippen LogP contribution in [0, 0.1) is 5.92 Å². The predicted octanol–water partition coefficient (Wildman–Crippen LogP) is 3.98. The van der Waals surface area contributed by atoms with E-state index in [9.17, 15) is 5.11 Å². The molecule has 114 valence electrons. The normalized spacial score (nSPS) is 17.2. The molecule has 1 aliphatic heterocycles. The second-order valence-corrected chi connectivity index (χ2v) is 4.92. The van der Waals surface area contributed by atoms with Crippen LogP contribution in [0.4, 0.5) is 0 Å². The van der Waals surface area contributed by atoms with Crippen molar-refractivity contribution in [2.45, 2.75) is 19.9 Å². The van der Waals surface area contributed by atoms with Gasteiger partial charge in [-0.3, -0.25) is 4.90 Å². The zero-order chi connectivity index (χ0) is 15.7. The van der Waals surface area contributed by atoms with E-state index in [1.165, 1.54) is 5.56 Å². The highest BCUT2D eigenvalue weighted by Gasteiger charge is 2.33. The standard InChI is InChI=1S/C17H21NO.C2H6/c1-3-8-15(4-2)17(16-9-6-5-7-10-16)18-11-14(12-18)13-19;1-2/h3-10,14,17,19H,1-2,11-13H2;1-2H3/b15-8+;. The monoisotopic (exact) mass is 285 g/mol. The summed E-state index contributed by atoms with van der Waals surface area (Å²) in [7, 11) is 0. The molecule has 0 spiro atoms. The van der Waals surface area contributed by atoms with Gasteiger partial charge in [0.25, 0.3) is 0 Å². The molecule has 0 bridgehead atoms. The molecule has 2 rings (SSSR count). The first-order valence-corrected chi connectivity index (χ1v) is 7.65. The Kier molecular flexibility index (Phi) is 7.73. The molecular weight excluding hydrogens is 258 g/mol. The van der Waals surface area contributed by atoms with Crippen LogP contribution in [0.15, 0.2) is 67.3 Å². The molecule has 0 aliphatic carbocycles. The molecule has 1 aromatic carbocycles. The Hall–Kier alpha value is -1.64. The van der Waals surface area contributed by atoms with Crippen LogP contribution in [0.2, 0.25) is 0 Å². The van der Waals surface area contributed by atoms with Crippen molar-refractivity contribution >= 4 is 0 Å².